The fourth-order valence-electron chi connectivity index (χ4n) is 5.94. The van der Waals surface area contributed by atoms with Gasteiger partial charge in [0.05, 0.1) is 0 Å². The Bertz CT molecular complexity index is 538. The average molecular weight is 685 g/mol. The fourth-order valence-corrected chi connectivity index (χ4v) is 5.94. The highest BCUT2D eigenvalue weighted by atomic mass is 16.4. The Balaban J connectivity index is -0.000000689. The molecule has 0 radical (unpaired) electrons. The van der Waals surface area contributed by atoms with Crippen LogP contribution in [0.2, 0.25) is 0 Å². The van der Waals surface area contributed by atoms with Gasteiger partial charge >= 0.3 is 11.9 Å². The summed E-state index contributed by atoms with van der Waals surface area (Å²) in [4.78, 5) is 20.7. The monoisotopic (exact) mass is 685 g/mol. The van der Waals surface area contributed by atoms with Crippen LogP contribution in [-0.4, -0.2) is 35.2 Å². The topological polar surface area (TPSA) is 127 Å². The first-order valence-corrected chi connectivity index (χ1v) is 21.3. The summed E-state index contributed by atoms with van der Waals surface area (Å²) >= 11 is 0. The molecule has 0 aromatic rings. The molecule has 0 spiro atoms. The van der Waals surface area contributed by atoms with Crippen molar-refractivity contribution in [2.75, 3.05) is 13.1 Å². The number of hydrogen-bond donors (Lipinski definition) is 4. The van der Waals surface area contributed by atoms with Gasteiger partial charge in [0.15, 0.2) is 0 Å². The summed E-state index contributed by atoms with van der Waals surface area (Å²) in [5, 5.41) is 17.0. The van der Waals surface area contributed by atoms with E-state index in [1.54, 1.807) is 0 Å². The van der Waals surface area contributed by atoms with Crippen LogP contribution in [0.1, 0.15) is 245 Å². The number of unbranched alkanes of at least 4 members (excludes halogenated alkanes) is 31. The predicted molar refractivity (Wildman–Crippen MR) is 211 cm³/mol. The maximum absolute atomic E-state index is 10.3. The molecule has 0 amide bonds. The van der Waals surface area contributed by atoms with E-state index in [0.29, 0.717) is 12.8 Å². The van der Waals surface area contributed by atoms with E-state index in [-0.39, 0.29) is 0 Å². The molecule has 6 nitrogen and oxygen atoms in total. The van der Waals surface area contributed by atoms with Gasteiger partial charge in [0.1, 0.15) is 0 Å². The Morgan fingerprint density at radius 3 is 0.646 bits per heavy atom. The van der Waals surface area contributed by atoms with E-state index < -0.39 is 11.9 Å². The Kier molecular flexibility index (Phi) is 53.6. The van der Waals surface area contributed by atoms with Crippen molar-refractivity contribution in [1.82, 2.24) is 0 Å². The third kappa shape index (κ3) is 60.2. The molecule has 0 atom stereocenters. The van der Waals surface area contributed by atoms with Gasteiger partial charge in [-0.15, -0.1) is 0 Å². The van der Waals surface area contributed by atoms with Gasteiger partial charge < -0.3 is 21.7 Å². The summed E-state index contributed by atoms with van der Waals surface area (Å²) in [6.45, 7) is 6.19. The number of hydrogen-bond acceptors (Lipinski definition) is 4. The number of rotatable bonds is 37. The van der Waals surface area contributed by atoms with E-state index in [9.17, 15) is 9.59 Å². The maximum atomic E-state index is 10.3. The normalized spacial score (nSPS) is 10.7. The quantitative estimate of drug-likeness (QED) is 0.0482. The van der Waals surface area contributed by atoms with Crippen LogP contribution in [0, 0.1) is 0 Å². The van der Waals surface area contributed by atoms with Gasteiger partial charge in [0.2, 0.25) is 0 Å². The van der Waals surface area contributed by atoms with Gasteiger partial charge in [-0.05, 0) is 38.8 Å². The van der Waals surface area contributed by atoms with Crippen molar-refractivity contribution in [3.8, 4) is 0 Å². The van der Waals surface area contributed by atoms with Crippen LogP contribution in [0.3, 0.4) is 0 Å². The number of carboxylic acid groups (broad SMARTS) is 2. The molecule has 0 heterocycles. The highest BCUT2D eigenvalue weighted by molar-refractivity contribution is 5.66. The minimum Gasteiger partial charge on any atom is -0.481 e. The number of carboxylic acids is 2. The Labute approximate surface area is 300 Å². The van der Waals surface area contributed by atoms with Gasteiger partial charge in [0.25, 0.3) is 0 Å². The zero-order valence-electron chi connectivity index (χ0n) is 32.7. The maximum Gasteiger partial charge on any atom is 0.303 e. The van der Waals surface area contributed by atoms with Gasteiger partial charge in [-0.2, -0.15) is 0 Å². The molecule has 0 saturated heterocycles. The third-order valence-corrected chi connectivity index (χ3v) is 9.15. The zero-order chi connectivity index (χ0) is 36.0. The third-order valence-electron chi connectivity index (χ3n) is 9.15. The minimum absolute atomic E-state index is 0.345. The lowest BCUT2D eigenvalue weighted by Gasteiger charge is -2.03. The van der Waals surface area contributed by atoms with Crippen LogP contribution in [0.4, 0.5) is 0 Å². The Morgan fingerprint density at radius 1 is 0.312 bits per heavy atom. The van der Waals surface area contributed by atoms with Crippen LogP contribution >= 0.6 is 0 Å². The van der Waals surface area contributed by atoms with Crippen LogP contribution in [0.25, 0.3) is 0 Å². The van der Waals surface area contributed by atoms with Crippen molar-refractivity contribution in [3.05, 3.63) is 0 Å². The Morgan fingerprint density at radius 2 is 0.479 bits per heavy atom. The molecule has 0 aliphatic rings. The van der Waals surface area contributed by atoms with Gasteiger partial charge in [-0.3, -0.25) is 9.59 Å². The molecule has 48 heavy (non-hydrogen) atoms. The van der Waals surface area contributed by atoms with Crippen LogP contribution in [0.5, 0.6) is 0 Å². The summed E-state index contributed by atoms with van der Waals surface area (Å²) in [5.74, 6) is -1.31. The van der Waals surface area contributed by atoms with Crippen molar-refractivity contribution >= 4 is 11.9 Å². The van der Waals surface area contributed by atoms with E-state index in [4.69, 9.17) is 21.7 Å². The van der Waals surface area contributed by atoms with Gasteiger partial charge in [-0.25, -0.2) is 0 Å². The summed E-state index contributed by atoms with van der Waals surface area (Å²) in [5.41, 5.74) is 10.6. The SMILES string of the molecule is CCCCCCCCCCCCCCCCCC(=O)O.CCCCCCCCCCCCCCCCCC(=O)O.NCCCCCCN. The van der Waals surface area contributed by atoms with Crippen LogP contribution in [0.15, 0.2) is 0 Å². The number of carbonyl (C=O) groups is 2. The van der Waals surface area contributed by atoms with E-state index in [2.05, 4.69) is 13.8 Å². The van der Waals surface area contributed by atoms with Crippen molar-refractivity contribution in [2.24, 2.45) is 11.5 Å². The molecule has 290 valence electrons. The lowest BCUT2D eigenvalue weighted by Crippen LogP contribution is -2.00. The Hall–Kier alpha value is -1.14. The van der Waals surface area contributed by atoms with Crippen molar-refractivity contribution < 1.29 is 19.8 Å². The summed E-state index contributed by atoms with van der Waals surface area (Å²) in [7, 11) is 0. The fraction of sp³-hybridized carbons (Fsp3) is 0.952. The molecule has 0 aromatic heterocycles. The molecule has 0 saturated carbocycles. The summed E-state index contributed by atoms with van der Waals surface area (Å²) in [6, 6.07) is 0. The smallest absolute Gasteiger partial charge is 0.303 e. The second-order valence-corrected chi connectivity index (χ2v) is 14.2. The number of aliphatic carboxylic acids is 2. The molecule has 0 aromatic carbocycles. The lowest BCUT2D eigenvalue weighted by molar-refractivity contribution is -0.138. The molecule has 6 N–H and O–H groups in total. The van der Waals surface area contributed by atoms with E-state index in [0.717, 1.165) is 51.6 Å². The molecular weight excluding hydrogens is 596 g/mol. The lowest BCUT2D eigenvalue weighted by atomic mass is 10.0. The first kappa shape index (κ1) is 51.2. The first-order valence-electron chi connectivity index (χ1n) is 21.3. The second-order valence-electron chi connectivity index (χ2n) is 14.2. The molecule has 0 aliphatic heterocycles. The van der Waals surface area contributed by atoms with Crippen molar-refractivity contribution in [1.29, 1.82) is 0 Å². The van der Waals surface area contributed by atoms with Crippen LogP contribution < -0.4 is 11.5 Å². The van der Waals surface area contributed by atoms with Crippen molar-refractivity contribution in [2.45, 2.75) is 245 Å². The van der Waals surface area contributed by atoms with Gasteiger partial charge in [-0.1, -0.05) is 206 Å². The zero-order valence-corrected chi connectivity index (χ0v) is 32.7. The molecule has 0 bridgehead atoms. The second kappa shape index (κ2) is 50.2. The largest absolute Gasteiger partial charge is 0.481 e. The summed E-state index contributed by atoms with van der Waals surface area (Å²) in [6.07, 6.45) is 45.2. The predicted octanol–water partition coefficient (Wildman–Crippen LogP) is 13.1. The van der Waals surface area contributed by atoms with Crippen molar-refractivity contribution in [3.63, 3.8) is 0 Å². The highest BCUT2D eigenvalue weighted by Crippen LogP contribution is 2.15. The molecule has 0 fully saturated rings. The standard InChI is InChI=1S/2C18H36O2.C6H16N2/c2*1-2-3-4-5-6-7-8-9-10-11-12-13-14-15-16-17-18(19)20;7-5-3-1-2-4-6-8/h2*2-17H2,1H3,(H,19,20);1-8H2. The minimum atomic E-state index is -0.653. The van der Waals surface area contributed by atoms with E-state index in [1.165, 1.54) is 180 Å². The molecule has 0 unspecified atom stereocenters. The van der Waals surface area contributed by atoms with E-state index >= 15 is 0 Å². The molecular formula is C42H88N2O4. The van der Waals surface area contributed by atoms with Crippen LogP contribution in [-0.2, 0) is 9.59 Å². The number of nitrogens with two attached hydrogens (primary N) is 2. The molecule has 0 rings (SSSR count). The molecule has 0 aliphatic carbocycles. The average Bonchev–Trinajstić information content (AvgIpc) is 3.07. The first-order chi connectivity index (χ1) is 23.5. The van der Waals surface area contributed by atoms with E-state index in [1.807, 2.05) is 0 Å². The van der Waals surface area contributed by atoms with Gasteiger partial charge in [0, 0.05) is 12.8 Å². The molecule has 6 heteroatoms. The summed E-state index contributed by atoms with van der Waals surface area (Å²) < 4.78 is 0. The highest BCUT2D eigenvalue weighted by Gasteiger charge is 1.98.